The van der Waals surface area contributed by atoms with Gasteiger partial charge < -0.3 is 10.6 Å². The number of aromatic nitrogens is 2. The van der Waals surface area contributed by atoms with Gasteiger partial charge in [0.1, 0.15) is 5.82 Å². The predicted octanol–water partition coefficient (Wildman–Crippen LogP) is 3.08. The third-order valence-electron chi connectivity index (χ3n) is 3.95. The van der Waals surface area contributed by atoms with Gasteiger partial charge in [-0.3, -0.25) is 4.68 Å². The predicted molar refractivity (Wildman–Crippen MR) is 89.0 cm³/mol. The van der Waals surface area contributed by atoms with Crippen LogP contribution in [0.5, 0.6) is 0 Å². The van der Waals surface area contributed by atoms with Gasteiger partial charge in [-0.2, -0.15) is 5.10 Å². The van der Waals surface area contributed by atoms with Crippen LogP contribution in [0, 0.1) is 6.92 Å². The van der Waals surface area contributed by atoms with Crippen LogP contribution in [0.2, 0.25) is 5.02 Å². The lowest BCUT2D eigenvalue weighted by atomic mass is 10.1. The second kappa shape index (κ2) is 6.50. The molecule has 1 atom stereocenters. The Labute approximate surface area is 131 Å². The molecule has 0 fully saturated rings. The zero-order chi connectivity index (χ0) is 15.6. The summed E-state index contributed by atoms with van der Waals surface area (Å²) in [5.41, 5.74) is 9.19. The average molecular weight is 307 g/mol. The van der Waals surface area contributed by atoms with Gasteiger partial charge in [-0.25, -0.2) is 0 Å². The lowest BCUT2D eigenvalue weighted by Crippen LogP contribution is -2.25. The first-order chi connectivity index (χ1) is 9.95. The summed E-state index contributed by atoms with van der Waals surface area (Å²) in [6, 6.07) is 8.19. The number of nitrogens with zero attached hydrogens (tertiary/aromatic N) is 3. The van der Waals surface area contributed by atoms with E-state index in [1.165, 1.54) is 11.1 Å². The number of hydrogen-bond acceptors (Lipinski definition) is 3. The van der Waals surface area contributed by atoms with E-state index in [4.69, 9.17) is 17.3 Å². The van der Waals surface area contributed by atoms with Crippen LogP contribution in [0.3, 0.4) is 0 Å². The van der Waals surface area contributed by atoms with Crippen LogP contribution >= 0.6 is 11.6 Å². The fourth-order valence-electron chi connectivity index (χ4n) is 2.74. The zero-order valence-corrected chi connectivity index (χ0v) is 13.9. The summed E-state index contributed by atoms with van der Waals surface area (Å²) in [6.45, 7) is 4.82. The molecule has 0 spiro atoms. The van der Waals surface area contributed by atoms with Gasteiger partial charge in [-0.15, -0.1) is 0 Å². The van der Waals surface area contributed by atoms with Gasteiger partial charge >= 0.3 is 0 Å². The SMILES string of the molecule is Cc1nn(C)c(N(C)C(C)c2cccc(Cl)c2)c1CCN. The molecule has 2 rings (SSSR count). The van der Waals surface area contributed by atoms with Crippen molar-refractivity contribution < 1.29 is 0 Å². The molecule has 2 N–H and O–H groups in total. The van der Waals surface area contributed by atoms with Crippen LogP contribution in [-0.2, 0) is 13.5 Å². The lowest BCUT2D eigenvalue weighted by Gasteiger charge is -2.28. The Morgan fingerprint density at radius 1 is 1.43 bits per heavy atom. The molecule has 0 saturated carbocycles. The average Bonchev–Trinajstić information content (AvgIpc) is 2.72. The number of halogens is 1. The summed E-state index contributed by atoms with van der Waals surface area (Å²) in [6.07, 6.45) is 0.835. The quantitative estimate of drug-likeness (QED) is 0.923. The monoisotopic (exact) mass is 306 g/mol. The van der Waals surface area contributed by atoms with Gasteiger partial charge in [0.15, 0.2) is 0 Å². The molecule has 0 bridgehead atoms. The molecule has 0 aliphatic heterocycles. The fourth-order valence-corrected chi connectivity index (χ4v) is 2.94. The Kier molecular flexibility index (Phi) is 4.91. The number of anilines is 1. The zero-order valence-electron chi connectivity index (χ0n) is 13.1. The highest BCUT2D eigenvalue weighted by atomic mass is 35.5. The highest BCUT2D eigenvalue weighted by Gasteiger charge is 2.21. The summed E-state index contributed by atoms with van der Waals surface area (Å²) in [4.78, 5) is 2.23. The van der Waals surface area contributed by atoms with Gasteiger partial charge in [-0.05, 0) is 44.5 Å². The molecule has 0 saturated heterocycles. The first kappa shape index (κ1) is 15.9. The van der Waals surface area contributed by atoms with E-state index in [2.05, 4.69) is 30.0 Å². The molecule has 1 aromatic heterocycles. The van der Waals surface area contributed by atoms with Gasteiger partial charge in [-0.1, -0.05) is 23.7 Å². The van der Waals surface area contributed by atoms with Crippen LogP contribution < -0.4 is 10.6 Å². The highest BCUT2D eigenvalue weighted by Crippen LogP contribution is 2.30. The van der Waals surface area contributed by atoms with Crippen molar-refractivity contribution in [1.29, 1.82) is 0 Å². The largest absolute Gasteiger partial charge is 0.353 e. The number of benzene rings is 1. The number of rotatable bonds is 5. The van der Waals surface area contributed by atoms with Crippen LogP contribution in [-0.4, -0.2) is 23.4 Å². The molecule has 114 valence electrons. The molecule has 5 heteroatoms. The van der Waals surface area contributed by atoms with Crippen LogP contribution in [0.1, 0.15) is 29.8 Å². The number of hydrogen-bond donors (Lipinski definition) is 1. The smallest absolute Gasteiger partial charge is 0.130 e. The van der Waals surface area contributed by atoms with Crippen LogP contribution in [0.15, 0.2) is 24.3 Å². The van der Waals surface area contributed by atoms with E-state index in [-0.39, 0.29) is 6.04 Å². The van der Waals surface area contributed by atoms with E-state index in [1.807, 2.05) is 36.9 Å². The Morgan fingerprint density at radius 3 is 2.76 bits per heavy atom. The van der Waals surface area contributed by atoms with Gasteiger partial charge in [0.05, 0.1) is 11.7 Å². The van der Waals surface area contributed by atoms with Gasteiger partial charge in [0, 0.05) is 24.7 Å². The van der Waals surface area contributed by atoms with Crippen molar-refractivity contribution in [1.82, 2.24) is 9.78 Å². The molecule has 2 aromatic rings. The topological polar surface area (TPSA) is 47.1 Å². The van der Waals surface area contributed by atoms with Crippen molar-refractivity contribution in [2.24, 2.45) is 12.8 Å². The van der Waals surface area contributed by atoms with Crippen LogP contribution in [0.4, 0.5) is 5.82 Å². The van der Waals surface area contributed by atoms with Crippen molar-refractivity contribution in [3.8, 4) is 0 Å². The number of nitrogens with two attached hydrogens (primary N) is 1. The highest BCUT2D eigenvalue weighted by molar-refractivity contribution is 6.30. The van der Waals surface area contributed by atoms with E-state index >= 15 is 0 Å². The molecule has 0 aliphatic rings. The molecular weight excluding hydrogens is 284 g/mol. The second-order valence-electron chi connectivity index (χ2n) is 5.39. The minimum Gasteiger partial charge on any atom is -0.353 e. The van der Waals surface area contributed by atoms with Crippen molar-refractivity contribution in [3.63, 3.8) is 0 Å². The summed E-state index contributed by atoms with van der Waals surface area (Å²) in [7, 11) is 4.06. The van der Waals surface area contributed by atoms with Crippen molar-refractivity contribution >= 4 is 17.4 Å². The molecule has 1 aromatic carbocycles. The van der Waals surface area contributed by atoms with Gasteiger partial charge in [0.2, 0.25) is 0 Å². The number of aryl methyl sites for hydroxylation is 2. The third kappa shape index (κ3) is 3.22. The van der Waals surface area contributed by atoms with Crippen molar-refractivity contribution in [2.75, 3.05) is 18.5 Å². The minimum atomic E-state index is 0.204. The van der Waals surface area contributed by atoms with E-state index in [0.717, 1.165) is 23.0 Å². The maximum atomic E-state index is 6.10. The van der Waals surface area contributed by atoms with E-state index < -0.39 is 0 Å². The van der Waals surface area contributed by atoms with E-state index in [0.29, 0.717) is 6.54 Å². The molecule has 0 amide bonds. The minimum absolute atomic E-state index is 0.204. The molecule has 4 nitrogen and oxygen atoms in total. The lowest BCUT2D eigenvalue weighted by molar-refractivity contribution is 0.670. The summed E-state index contributed by atoms with van der Waals surface area (Å²) >= 11 is 6.10. The normalized spacial score (nSPS) is 12.5. The van der Waals surface area contributed by atoms with Crippen molar-refractivity contribution in [3.05, 3.63) is 46.1 Å². The summed E-state index contributed by atoms with van der Waals surface area (Å²) in [5, 5.41) is 5.30. The Balaban J connectivity index is 2.37. The maximum absolute atomic E-state index is 6.10. The van der Waals surface area contributed by atoms with Gasteiger partial charge in [0.25, 0.3) is 0 Å². The van der Waals surface area contributed by atoms with E-state index in [1.54, 1.807) is 0 Å². The summed E-state index contributed by atoms with van der Waals surface area (Å²) < 4.78 is 1.93. The van der Waals surface area contributed by atoms with Crippen LogP contribution in [0.25, 0.3) is 0 Å². The molecule has 0 aliphatic carbocycles. The Morgan fingerprint density at radius 2 is 2.14 bits per heavy atom. The molecular formula is C16H23ClN4. The maximum Gasteiger partial charge on any atom is 0.130 e. The Hall–Kier alpha value is -1.52. The molecule has 1 heterocycles. The first-order valence-electron chi connectivity index (χ1n) is 7.16. The molecule has 21 heavy (non-hydrogen) atoms. The second-order valence-corrected chi connectivity index (χ2v) is 5.83. The summed E-state index contributed by atoms with van der Waals surface area (Å²) in [5.74, 6) is 1.12. The third-order valence-corrected chi connectivity index (χ3v) is 4.19. The molecule has 1 unspecified atom stereocenters. The fraction of sp³-hybridized carbons (Fsp3) is 0.438. The first-order valence-corrected chi connectivity index (χ1v) is 7.54. The Bertz CT molecular complexity index is 621. The van der Waals surface area contributed by atoms with E-state index in [9.17, 15) is 0 Å². The van der Waals surface area contributed by atoms with Crippen molar-refractivity contribution in [2.45, 2.75) is 26.3 Å². The standard InChI is InChI=1S/C16H23ClN4/c1-11-15(8-9-18)16(21(4)19-11)20(3)12(2)13-6-5-7-14(17)10-13/h5-7,10,12H,8-9,18H2,1-4H3. The molecule has 0 radical (unpaired) electrons.